The number of halogens is 1. The summed E-state index contributed by atoms with van der Waals surface area (Å²) in [5.74, 6) is 0.133. The number of nitrogens with zero attached hydrogens (tertiary/aromatic N) is 1. The van der Waals surface area contributed by atoms with Crippen molar-refractivity contribution >= 4 is 39.4 Å². The van der Waals surface area contributed by atoms with Crippen molar-refractivity contribution < 1.29 is 19.1 Å². The van der Waals surface area contributed by atoms with Crippen molar-refractivity contribution in [2.75, 3.05) is 7.11 Å². The minimum Gasteiger partial charge on any atom is -0.497 e. The Morgan fingerprint density at radius 2 is 2.00 bits per heavy atom. The van der Waals surface area contributed by atoms with Gasteiger partial charge in [-0.3, -0.25) is 0 Å². The third kappa shape index (κ3) is 2.57. The second-order valence-corrected chi connectivity index (χ2v) is 6.35. The molecule has 1 N–H and O–H groups in total. The third-order valence-corrected chi connectivity index (χ3v) is 4.79. The van der Waals surface area contributed by atoms with Gasteiger partial charge in [0.25, 0.3) is 0 Å². The van der Waals surface area contributed by atoms with Crippen molar-refractivity contribution in [1.29, 1.82) is 0 Å². The zero-order valence-electron chi connectivity index (χ0n) is 14.0. The van der Waals surface area contributed by atoms with Crippen LogP contribution in [0, 0.1) is 6.92 Å². The number of benzene rings is 2. The molecule has 6 heteroatoms. The number of aryl methyl sites for hydroxylation is 1. The molecule has 0 unspecified atom stereocenters. The van der Waals surface area contributed by atoms with E-state index in [1.54, 1.807) is 25.3 Å². The first kappa shape index (κ1) is 16.4. The molecule has 2 aromatic heterocycles. The first-order valence-electron chi connectivity index (χ1n) is 7.89. The predicted molar refractivity (Wildman–Crippen MR) is 100 cm³/mol. The van der Waals surface area contributed by atoms with Gasteiger partial charge in [0.15, 0.2) is 5.76 Å². The van der Waals surface area contributed by atoms with Gasteiger partial charge in [-0.1, -0.05) is 17.7 Å². The fraction of sp³-hybridized carbons (Fsp3) is 0.100. The highest BCUT2D eigenvalue weighted by atomic mass is 35.5. The summed E-state index contributed by atoms with van der Waals surface area (Å²) >= 11 is 6.19. The summed E-state index contributed by atoms with van der Waals surface area (Å²) in [5.41, 5.74) is 2.51. The van der Waals surface area contributed by atoms with Crippen LogP contribution in [-0.4, -0.2) is 23.2 Å². The summed E-state index contributed by atoms with van der Waals surface area (Å²) in [5, 5.41) is 11.6. The molecule has 0 amide bonds. The highest BCUT2D eigenvalue weighted by molar-refractivity contribution is 6.32. The van der Waals surface area contributed by atoms with E-state index in [-0.39, 0.29) is 5.56 Å². The SMILES string of the molecule is COc1ccc2cc(-c3cc(C(=O)O)c4ccc(Cl)c(C)c4n3)oc2c1. The average molecular weight is 368 g/mol. The first-order valence-corrected chi connectivity index (χ1v) is 8.27. The molecule has 0 saturated carbocycles. The number of hydrogen-bond acceptors (Lipinski definition) is 4. The Morgan fingerprint density at radius 3 is 2.73 bits per heavy atom. The molecule has 0 bridgehead atoms. The summed E-state index contributed by atoms with van der Waals surface area (Å²) in [4.78, 5) is 16.4. The van der Waals surface area contributed by atoms with Gasteiger partial charge in [-0.05, 0) is 42.8 Å². The van der Waals surface area contributed by atoms with Crippen LogP contribution in [0.15, 0.2) is 46.9 Å². The maximum atomic E-state index is 11.7. The molecule has 0 aliphatic heterocycles. The van der Waals surface area contributed by atoms with Gasteiger partial charge in [0.2, 0.25) is 0 Å². The van der Waals surface area contributed by atoms with Gasteiger partial charge in [0, 0.05) is 21.9 Å². The zero-order valence-corrected chi connectivity index (χ0v) is 14.8. The molecule has 26 heavy (non-hydrogen) atoms. The normalized spacial score (nSPS) is 11.2. The predicted octanol–water partition coefficient (Wildman–Crippen LogP) is 5.32. The Bertz CT molecular complexity index is 1180. The van der Waals surface area contributed by atoms with Crippen LogP contribution in [0.25, 0.3) is 33.3 Å². The van der Waals surface area contributed by atoms with Gasteiger partial charge in [-0.2, -0.15) is 0 Å². The van der Waals surface area contributed by atoms with E-state index in [9.17, 15) is 9.90 Å². The van der Waals surface area contributed by atoms with E-state index < -0.39 is 5.97 Å². The van der Waals surface area contributed by atoms with Crippen molar-refractivity contribution in [3.05, 3.63) is 58.6 Å². The van der Waals surface area contributed by atoms with Gasteiger partial charge in [0.05, 0.1) is 18.2 Å². The fourth-order valence-electron chi connectivity index (χ4n) is 2.97. The van der Waals surface area contributed by atoms with Gasteiger partial charge < -0.3 is 14.3 Å². The molecule has 5 nitrogen and oxygen atoms in total. The monoisotopic (exact) mass is 367 g/mol. The topological polar surface area (TPSA) is 72.6 Å². The lowest BCUT2D eigenvalue weighted by molar-refractivity contribution is 0.0699. The molecule has 2 aromatic carbocycles. The van der Waals surface area contributed by atoms with E-state index in [0.29, 0.717) is 38.7 Å². The Morgan fingerprint density at radius 1 is 1.19 bits per heavy atom. The van der Waals surface area contributed by atoms with Crippen LogP contribution in [0.1, 0.15) is 15.9 Å². The third-order valence-electron chi connectivity index (χ3n) is 4.38. The summed E-state index contributed by atoms with van der Waals surface area (Å²) in [6, 6.07) is 12.2. The molecule has 0 aliphatic rings. The Hall–Kier alpha value is -3.05. The van der Waals surface area contributed by atoms with E-state index in [0.717, 1.165) is 10.9 Å². The molecular formula is C20H14ClNO4. The lowest BCUT2D eigenvalue weighted by Gasteiger charge is -2.08. The molecule has 0 saturated heterocycles. The number of methoxy groups -OCH3 is 1. The molecule has 0 fully saturated rings. The molecule has 4 rings (SSSR count). The van der Waals surface area contributed by atoms with Crippen molar-refractivity contribution in [3.8, 4) is 17.2 Å². The summed E-state index contributed by atoms with van der Waals surface area (Å²) < 4.78 is 11.1. The van der Waals surface area contributed by atoms with Gasteiger partial charge >= 0.3 is 5.97 Å². The van der Waals surface area contributed by atoms with Gasteiger partial charge in [0.1, 0.15) is 17.0 Å². The van der Waals surface area contributed by atoms with Gasteiger partial charge in [-0.15, -0.1) is 0 Å². The number of aromatic carboxylic acids is 1. The molecule has 0 radical (unpaired) electrons. The maximum absolute atomic E-state index is 11.7. The second kappa shape index (κ2) is 6.04. The van der Waals surface area contributed by atoms with Crippen LogP contribution in [0.5, 0.6) is 5.75 Å². The molecule has 0 aliphatic carbocycles. The standard InChI is InChI=1S/C20H14ClNO4/c1-10-15(21)6-5-13-14(20(23)24)9-16(22-19(10)13)18-7-11-3-4-12(25-2)8-17(11)26-18/h3-9H,1-2H3,(H,23,24). The van der Waals surface area contributed by atoms with Crippen LogP contribution >= 0.6 is 11.6 Å². The number of carboxylic acids is 1. The number of carboxylic acid groups (broad SMARTS) is 1. The molecule has 0 atom stereocenters. The maximum Gasteiger partial charge on any atom is 0.336 e. The van der Waals surface area contributed by atoms with E-state index in [1.165, 1.54) is 6.07 Å². The van der Waals surface area contributed by atoms with Crippen LogP contribution in [0.2, 0.25) is 5.02 Å². The number of furan rings is 1. The first-order chi connectivity index (χ1) is 12.5. The van der Waals surface area contributed by atoms with Crippen molar-refractivity contribution in [2.45, 2.75) is 6.92 Å². The minimum atomic E-state index is -1.03. The number of hydrogen-bond donors (Lipinski definition) is 1. The quantitative estimate of drug-likeness (QED) is 0.530. The van der Waals surface area contributed by atoms with Crippen LogP contribution < -0.4 is 4.74 Å². The van der Waals surface area contributed by atoms with Crippen molar-refractivity contribution in [3.63, 3.8) is 0 Å². The number of ether oxygens (including phenoxy) is 1. The Labute approximate surface area is 153 Å². The van der Waals surface area contributed by atoms with Crippen molar-refractivity contribution in [2.24, 2.45) is 0 Å². The number of carbonyl (C=O) groups is 1. The van der Waals surface area contributed by atoms with Crippen molar-refractivity contribution in [1.82, 2.24) is 4.98 Å². The highest BCUT2D eigenvalue weighted by Gasteiger charge is 2.17. The smallest absolute Gasteiger partial charge is 0.336 e. The van der Waals surface area contributed by atoms with Gasteiger partial charge in [-0.25, -0.2) is 9.78 Å². The molecule has 4 aromatic rings. The fourth-order valence-corrected chi connectivity index (χ4v) is 3.12. The largest absolute Gasteiger partial charge is 0.497 e. The Balaban J connectivity index is 1.99. The number of fused-ring (bicyclic) bond motifs is 2. The van der Waals surface area contributed by atoms with Crippen LogP contribution in [0.3, 0.4) is 0 Å². The zero-order chi connectivity index (χ0) is 18.4. The minimum absolute atomic E-state index is 0.155. The summed E-state index contributed by atoms with van der Waals surface area (Å²) in [6.45, 7) is 1.82. The van der Waals surface area contributed by atoms with E-state index in [1.807, 2.05) is 25.1 Å². The average Bonchev–Trinajstić information content (AvgIpc) is 3.07. The second-order valence-electron chi connectivity index (χ2n) is 5.94. The summed E-state index contributed by atoms with van der Waals surface area (Å²) in [7, 11) is 1.58. The highest BCUT2D eigenvalue weighted by Crippen LogP contribution is 2.33. The van der Waals surface area contributed by atoms with E-state index >= 15 is 0 Å². The lowest BCUT2D eigenvalue weighted by atomic mass is 10.0. The molecule has 130 valence electrons. The van der Waals surface area contributed by atoms with E-state index in [2.05, 4.69) is 4.98 Å². The number of rotatable bonds is 3. The van der Waals surface area contributed by atoms with Crippen LogP contribution in [0.4, 0.5) is 0 Å². The Kier molecular flexibility index (Phi) is 3.81. The summed E-state index contributed by atoms with van der Waals surface area (Å²) in [6.07, 6.45) is 0. The van der Waals surface area contributed by atoms with Crippen LogP contribution in [-0.2, 0) is 0 Å². The molecular weight excluding hydrogens is 354 g/mol. The number of aromatic nitrogens is 1. The molecule has 2 heterocycles. The molecule has 0 spiro atoms. The lowest BCUT2D eigenvalue weighted by Crippen LogP contribution is -2.01. The van der Waals surface area contributed by atoms with E-state index in [4.69, 9.17) is 20.8 Å². The number of pyridine rings is 1.